The number of pyridine rings is 1. The molecule has 0 amide bonds. The molecule has 0 radical (unpaired) electrons. The summed E-state index contributed by atoms with van der Waals surface area (Å²) in [4.78, 5) is 6.25. The first-order valence-corrected chi connectivity index (χ1v) is 6.36. The second-order valence-corrected chi connectivity index (χ2v) is 4.43. The summed E-state index contributed by atoms with van der Waals surface area (Å²) < 4.78 is 13.0. The van der Waals surface area contributed by atoms with Gasteiger partial charge in [0.1, 0.15) is 5.82 Å². The van der Waals surface area contributed by atoms with Crippen LogP contribution >= 0.6 is 0 Å². The molecule has 1 aromatic carbocycles. The predicted molar refractivity (Wildman–Crippen MR) is 76.1 cm³/mol. The molecule has 3 nitrogen and oxygen atoms in total. The van der Waals surface area contributed by atoms with Crippen molar-refractivity contribution in [3.63, 3.8) is 0 Å². The molecule has 0 aliphatic heterocycles. The summed E-state index contributed by atoms with van der Waals surface area (Å²) in [7, 11) is 0. The van der Waals surface area contributed by atoms with E-state index in [4.69, 9.17) is 5.73 Å². The molecule has 2 rings (SSSR count). The number of nitrogens with two attached hydrogens (primary N) is 1. The fourth-order valence-corrected chi connectivity index (χ4v) is 2.03. The predicted octanol–water partition coefficient (Wildman–Crippen LogP) is 3.02. The number of rotatable bonds is 5. The van der Waals surface area contributed by atoms with Crippen LogP contribution in [0.15, 0.2) is 42.7 Å². The van der Waals surface area contributed by atoms with Crippen molar-refractivity contribution >= 4 is 11.4 Å². The molecule has 0 spiro atoms. The van der Waals surface area contributed by atoms with Gasteiger partial charge < -0.3 is 10.6 Å². The van der Waals surface area contributed by atoms with Crippen LogP contribution in [0.25, 0.3) is 0 Å². The van der Waals surface area contributed by atoms with Crippen molar-refractivity contribution in [3.05, 3.63) is 54.1 Å². The number of aromatic nitrogens is 1. The van der Waals surface area contributed by atoms with Gasteiger partial charge in [-0.05, 0) is 55.8 Å². The van der Waals surface area contributed by atoms with Gasteiger partial charge in [0, 0.05) is 30.3 Å². The van der Waals surface area contributed by atoms with Crippen molar-refractivity contribution in [3.8, 4) is 0 Å². The normalized spacial score (nSPS) is 10.5. The monoisotopic (exact) mass is 259 g/mol. The maximum Gasteiger partial charge on any atom is 0.123 e. The highest BCUT2D eigenvalue weighted by molar-refractivity contribution is 5.65. The molecule has 0 aliphatic carbocycles. The van der Waals surface area contributed by atoms with Crippen molar-refractivity contribution in [2.24, 2.45) is 5.73 Å². The highest BCUT2D eigenvalue weighted by Gasteiger charge is 2.11. The Morgan fingerprint density at radius 2 is 1.95 bits per heavy atom. The molecule has 2 N–H and O–H groups in total. The summed E-state index contributed by atoms with van der Waals surface area (Å²) in [6.45, 7) is 3.44. The Kier molecular flexibility index (Phi) is 4.47. The molecule has 0 unspecified atom stereocenters. The number of halogens is 1. The Bertz CT molecular complexity index is 525. The van der Waals surface area contributed by atoms with Crippen molar-refractivity contribution in [1.82, 2.24) is 4.98 Å². The summed E-state index contributed by atoms with van der Waals surface area (Å²) in [5.74, 6) is -0.228. The second-order valence-electron chi connectivity index (χ2n) is 4.43. The number of hydrogen-bond acceptors (Lipinski definition) is 3. The Labute approximate surface area is 112 Å². The average Bonchev–Trinajstić information content (AvgIpc) is 2.43. The lowest BCUT2D eigenvalue weighted by molar-refractivity contribution is 0.627. The third-order valence-electron chi connectivity index (χ3n) is 3.01. The van der Waals surface area contributed by atoms with E-state index in [9.17, 15) is 4.39 Å². The van der Waals surface area contributed by atoms with Gasteiger partial charge in [0.05, 0.1) is 0 Å². The van der Waals surface area contributed by atoms with E-state index in [2.05, 4.69) is 9.88 Å². The zero-order valence-corrected chi connectivity index (χ0v) is 11.0. The quantitative estimate of drug-likeness (QED) is 0.897. The first-order valence-electron chi connectivity index (χ1n) is 6.36. The fourth-order valence-electron chi connectivity index (χ4n) is 2.03. The van der Waals surface area contributed by atoms with E-state index in [1.165, 1.54) is 12.1 Å². The average molecular weight is 259 g/mol. The van der Waals surface area contributed by atoms with E-state index >= 15 is 0 Å². The van der Waals surface area contributed by atoms with E-state index in [1.54, 1.807) is 18.3 Å². The van der Waals surface area contributed by atoms with Crippen LogP contribution in [0.1, 0.15) is 12.0 Å². The van der Waals surface area contributed by atoms with Crippen LogP contribution in [0.3, 0.4) is 0 Å². The fraction of sp³-hybridized carbons (Fsp3) is 0.267. The molecule has 0 fully saturated rings. The molecule has 0 atom stereocenters. The first kappa shape index (κ1) is 13.5. The molecule has 0 saturated carbocycles. The summed E-state index contributed by atoms with van der Waals surface area (Å²) in [5.41, 5.74) is 8.72. The Balaban J connectivity index is 2.35. The van der Waals surface area contributed by atoms with Crippen molar-refractivity contribution in [2.75, 3.05) is 18.0 Å². The molecule has 4 heteroatoms. The van der Waals surface area contributed by atoms with E-state index < -0.39 is 0 Å². The third kappa shape index (κ3) is 3.29. The van der Waals surface area contributed by atoms with E-state index in [0.717, 1.165) is 29.9 Å². The minimum Gasteiger partial charge on any atom is -0.341 e. The molecule has 1 heterocycles. The first-order chi connectivity index (χ1) is 9.22. The number of anilines is 2. The second kappa shape index (κ2) is 6.29. The zero-order chi connectivity index (χ0) is 13.7. The van der Waals surface area contributed by atoms with Gasteiger partial charge in [-0.15, -0.1) is 0 Å². The topological polar surface area (TPSA) is 42.2 Å². The van der Waals surface area contributed by atoms with Gasteiger partial charge in [0.15, 0.2) is 0 Å². The van der Waals surface area contributed by atoms with Crippen LogP contribution in [0.5, 0.6) is 0 Å². The highest BCUT2D eigenvalue weighted by atomic mass is 19.1. The maximum absolute atomic E-state index is 13.0. The molecular weight excluding hydrogens is 241 g/mol. The molecule has 0 saturated heterocycles. The number of hydrogen-bond donors (Lipinski definition) is 1. The lowest BCUT2D eigenvalue weighted by Crippen LogP contribution is -2.21. The summed E-state index contributed by atoms with van der Waals surface area (Å²) in [6.07, 6.45) is 4.47. The third-order valence-corrected chi connectivity index (χ3v) is 3.01. The van der Waals surface area contributed by atoms with Crippen LogP contribution in [0.2, 0.25) is 0 Å². The number of nitrogens with zero attached hydrogens (tertiary/aromatic N) is 2. The van der Waals surface area contributed by atoms with Crippen LogP contribution in [0, 0.1) is 12.7 Å². The maximum atomic E-state index is 13.0. The minimum absolute atomic E-state index is 0.228. The van der Waals surface area contributed by atoms with Crippen molar-refractivity contribution < 1.29 is 4.39 Å². The van der Waals surface area contributed by atoms with E-state index in [1.807, 2.05) is 19.2 Å². The molecule has 1 aromatic heterocycles. The summed E-state index contributed by atoms with van der Waals surface area (Å²) >= 11 is 0. The van der Waals surface area contributed by atoms with Crippen LogP contribution in [0.4, 0.5) is 15.8 Å². The van der Waals surface area contributed by atoms with E-state index in [-0.39, 0.29) is 5.82 Å². The van der Waals surface area contributed by atoms with Crippen molar-refractivity contribution in [1.29, 1.82) is 0 Å². The van der Waals surface area contributed by atoms with Crippen LogP contribution < -0.4 is 10.6 Å². The van der Waals surface area contributed by atoms with Crippen LogP contribution in [-0.4, -0.2) is 18.1 Å². The molecule has 0 bridgehead atoms. The van der Waals surface area contributed by atoms with Gasteiger partial charge >= 0.3 is 0 Å². The zero-order valence-electron chi connectivity index (χ0n) is 11.0. The largest absolute Gasteiger partial charge is 0.341 e. The molecule has 100 valence electrons. The highest BCUT2D eigenvalue weighted by Crippen LogP contribution is 2.27. The molecule has 0 aliphatic rings. The van der Waals surface area contributed by atoms with Gasteiger partial charge in [-0.3, -0.25) is 4.98 Å². The Morgan fingerprint density at radius 1 is 1.21 bits per heavy atom. The van der Waals surface area contributed by atoms with Gasteiger partial charge in [-0.25, -0.2) is 4.39 Å². The Hall–Kier alpha value is -1.94. The van der Waals surface area contributed by atoms with Gasteiger partial charge in [0.2, 0.25) is 0 Å². The Morgan fingerprint density at radius 3 is 2.58 bits per heavy atom. The molecule has 19 heavy (non-hydrogen) atoms. The number of aryl methyl sites for hydroxylation is 1. The molecular formula is C15H18FN3. The molecule has 2 aromatic rings. The lowest BCUT2D eigenvalue weighted by atomic mass is 10.2. The number of benzene rings is 1. The minimum atomic E-state index is -0.228. The van der Waals surface area contributed by atoms with Crippen molar-refractivity contribution in [2.45, 2.75) is 13.3 Å². The van der Waals surface area contributed by atoms with Gasteiger partial charge in [-0.2, -0.15) is 0 Å². The smallest absolute Gasteiger partial charge is 0.123 e. The van der Waals surface area contributed by atoms with E-state index in [0.29, 0.717) is 6.54 Å². The summed E-state index contributed by atoms with van der Waals surface area (Å²) in [6, 6.07) is 8.48. The van der Waals surface area contributed by atoms with Gasteiger partial charge in [-0.1, -0.05) is 0 Å². The van der Waals surface area contributed by atoms with Gasteiger partial charge in [0.25, 0.3) is 0 Å². The summed E-state index contributed by atoms with van der Waals surface area (Å²) in [5, 5.41) is 0. The van der Waals surface area contributed by atoms with Crippen LogP contribution in [-0.2, 0) is 0 Å². The SMILES string of the molecule is Cc1cnccc1N(CCCN)c1ccc(F)cc1. The lowest BCUT2D eigenvalue weighted by Gasteiger charge is -2.26. The standard InChI is InChI=1S/C15H18FN3/c1-12-11-18-9-7-15(12)19(10-2-8-17)14-5-3-13(16)4-6-14/h3-7,9,11H,2,8,10,17H2,1H3.